The summed E-state index contributed by atoms with van der Waals surface area (Å²) >= 11 is 0. The average molecular weight is 288 g/mol. The van der Waals surface area contributed by atoms with Crippen molar-refractivity contribution in [3.05, 3.63) is 52.9 Å². The van der Waals surface area contributed by atoms with Gasteiger partial charge in [-0.05, 0) is 25.8 Å². The topological polar surface area (TPSA) is 75.4 Å². The van der Waals surface area contributed by atoms with Crippen LogP contribution in [0.2, 0.25) is 0 Å². The Bertz CT molecular complexity index is 622. The van der Waals surface area contributed by atoms with Crippen molar-refractivity contribution in [1.82, 2.24) is 10.5 Å². The maximum absolute atomic E-state index is 12.5. The number of carbonyl (C=O) groups is 1. The summed E-state index contributed by atoms with van der Waals surface area (Å²) in [5.74, 6) is 0.198. The summed E-state index contributed by atoms with van der Waals surface area (Å²) in [6.45, 7) is 5.21. The van der Waals surface area contributed by atoms with Crippen molar-refractivity contribution in [3.8, 4) is 0 Å². The van der Waals surface area contributed by atoms with Gasteiger partial charge in [-0.2, -0.15) is 0 Å². The number of nitrogens with zero attached hydrogens (tertiary/aromatic N) is 1. The Morgan fingerprint density at radius 3 is 2.62 bits per heavy atom. The summed E-state index contributed by atoms with van der Waals surface area (Å²) in [7, 11) is 0. The number of nitrogens with one attached hydrogen (secondary N) is 1. The van der Waals surface area contributed by atoms with Gasteiger partial charge in [0.25, 0.3) is 5.91 Å². The molecule has 21 heavy (non-hydrogen) atoms. The molecule has 2 N–H and O–H groups in total. The van der Waals surface area contributed by atoms with Crippen LogP contribution < -0.4 is 5.32 Å². The molecule has 112 valence electrons. The zero-order chi connectivity index (χ0) is 15.5. The van der Waals surface area contributed by atoms with Gasteiger partial charge in [0.05, 0.1) is 17.8 Å². The van der Waals surface area contributed by atoms with Gasteiger partial charge in [-0.1, -0.05) is 42.4 Å². The van der Waals surface area contributed by atoms with Crippen molar-refractivity contribution >= 4 is 5.91 Å². The lowest BCUT2D eigenvalue weighted by Crippen LogP contribution is -2.46. The second-order valence-corrected chi connectivity index (χ2v) is 5.22. The van der Waals surface area contributed by atoms with E-state index in [9.17, 15) is 9.90 Å². The van der Waals surface area contributed by atoms with Gasteiger partial charge in [-0.25, -0.2) is 0 Å². The highest BCUT2D eigenvalue weighted by atomic mass is 16.5. The molecule has 2 rings (SSSR count). The van der Waals surface area contributed by atoms with Gasteiger partial charge in [0.15, 0.2) is 0 Å². The molecule has 0 fully saturated rings. The standard InChI is InChI=1S/C16H20N2O3/c1-4-13-14(11(2)21-18-13)15(20)17-16(3,10-19)12-8-6-5-7-9-12/h5-9,19H,4,10H2,1-3H3,(H,17,20). The molecule has 0 saturated heterocycles. The van der Waals surface area contributed by atoms with Crippen LogP contribution in [0.25, 0.3) is 0 Å². The summed E-state index contributed by atoms with van der Waals surface area (Å²) in [4.78, 5) is 12.5. The smallest absolute Gasteiger partial charge is 0.257 e. The number of aryl methyl sites for hydroxylation is 2. The molecule has 0 bridgehead atoms. The zero-order valence-electron chi connectivity index (χ0n) is 12.5. The highest BCUT2D eigenvalue weighted by Gasteiger charge is 2.30. The van der Waals surface area contributed by atoms with Crippen LogP contribution in [0.4, 0.5) is 0 Å². The van der Waals surface area contributed by atoms with Crippen LogP contribution >= 0.6 is 0 Å². The van der Waals surface area contributed by atoms with E-state index in [0.717, 1.165) is 5.56 Å². The number of aromatic nitrogens is 1. The zero-order valence-corrected chi connectivity index (χ0v) is 12.5. The maximum Gasteiger partial charge on any atom is 0.257 e. The van der Waals surface area contributed by atoms with Crippen LogP contribution in [0.15, 0.2) is 34.9 Å². The van der Waals surface area contributed by atoms with Crippen LogP contribution in [0.3, 0.4) is 0 Å². The molecular weight excluding hydrogens is 268 g/mol. The molecule has 1 heterocycles. The van der Waals surface area contributed by atoms with Crippen LogP contribution in [0.1, 0.15) is 41.2 Å². The Kier molecular flexibility index (Phi) is 4.43. The molecule has 1 unspecified atom stereocenters. The minimum Gasteiger partial charge on any atom is -0.394 e. The molecule has 1 amide bonds. The molecule has 0 spiro atoms. The highest BCUT2D eigenvalue weighted by Crippen LogP contribution is 2.22. The van der Waals surface area contributed by atoms with Crippen LogP contribution in [0.5, 0.6) is 0 Å². The summed E-state index contributed by atoms with van der Waals surface area (Å²) < 4.78 is 5.09. The maximum atomic E-state index is 12.5. The molecule has 0 aliphatic rings. The first-order chi connectivity index (χ1) is 10.0. The van der Waals surface area contributed by atoms with Gasteiger partial charge >= 0.3 is 0 Å². The summed E-state index contributed by atoms with van der Waals surface area (Å²) in [6.07, 6.45) is 0.612. The molecule has 0 aliphatic heterocycles. The number of benzene rings is 1. The fourth-order valence-corrected chi connectivity index (χ4v) is 2.27. The number of aliphatic hydroxyl groups excluding tert-OH is 1. The summed E-state index contributed by atoms with van der Waals surface area (Å²) in [6, 6.07) is 9.38. The Hall–Kier alpha value is -2.14. The van der Waals surface area contributed by atoms with E-state index >= 15 is 0 Å². The molecule has 0 radical (unpaired) electrons. The number of aliphatic hydroxyl groups is 1. The SMILES string of the molecule is CCc1noc(C)c1C(=O)NC(C)(CO)c1ccccc1. The average Bonchev–Trinajstić information content (AvgIpc) is 2.89. The van der Waals surface area contributed by atoms with E-state index in [0.29, 0.717) is 23.4 Å². The fraction of sp³-hybridized carbons (Fsp3) is 0.375. The van der Waals surface area contributed by atoms with E-state index in [4.69, 9.17) is 4.52 Å². The van der Waals surface area contributed by atoms with Crippen molar-refractivity contribution in [2.45, 2.75) is 32.7 Å². The third-order valence-electron chi connectivity index (χ3n) is 3.61. The molecule has 1 atom stereocenters. The Morgan fingerprint density at radius 1 is 1.38 bits per heavy atom. The van der Waals surface area contributed by atoms with E-state index in [1.54, 1.807) is 13.8 Å². The van der Waals surface area contributed by atoms with Crippen molar-refractivity contribution in [1.29, 1.82) is 0 Å². The number of carbonyl (C=O) groups excluding carboxylic acids is 1. The number of hydrogen-bond acceptors (Lipinski definition) is 4. The Balaban J connectivity index is 2.30. The van der Waals surface area contributed by atoms with E-state index in [1.165, 1.54) is 0 Å². The minimum atomic E-state index is -0.854. The first-order valence-electron chi connectivity index (χ1n) is 6.96. The highest BCUT2D eigenvalue weighted by molar-refractivity contribution is 5.96. The van der Waals surface area contributed by atoms with E-state index in [2.05, 4.69) is 10.5 Å². The first kappa shape index (κ1) is 15.3. The van der Waals surface area contributed by atoms with E-state index in [-0.39, 0.29) is 12.5 Å². The number of rotatable bonds is 5. The molecule has 1 aromatic heterocycles. The number of hydrogen-bond donors (Lipinski definition) is 2. The Morgan fingerprint density at radius 2 is 2.05 bits per heavy atom. The number of amides is 1. The van der Waals surface area contributed by atoms with Crippen LogP contribution in [-0.4, -0.2) is 22.8 Å². The van der Waals surface area contributed by atoms with Gasteiger partial charge in [0, 0.05) is 0 Å². The Labute approximate surface area is 124 Å². The van der Waals surface area contributed by atoms with E-state index < -0.39 is 5.54 Å². The molecule has 1 aromatic carbocycles. The second kappa shape index (κ2) is 6.10. The first-order valence-corrected chi connectivity index (χ1v) is 6.96. The predicted molar refractivity (Wildman–Crippen MR) is 79.0 cm³/mol. The van der Waals surface area contributed by atoms with Crippen LogP contribution in [-0.2, 0) is 12.0 Å². The summed E-state index contributed by atoms with van der Waals surface area (Å²) in [5.41, 5.74) is 1.06. The van der Waals surface area contributed by atoms with Gasteiger partial charge in [0.1, 0.15) is 11.3 Å². The third kappa shape index (κ3) is 2.97. The van der Waals surface area contributed by atoms with Gasteiger partial charge in [-0.3, -0.25) is 4.79 Å². The van der Waals surface area contributed by atoms with Crippen molar-refractivity contribution in [2.75, 3.05) is 6.61 Å². The predicted octanol–water partition coefficient (Wildman–Crippen LogP) is 2.18. The fourth-order valence-electron chi connectivity index (χ4n) is 2.27. The molecule has 5 heteroatoms. The van der Waals surface area contributed by atoms with Crippen LogP contribution in [0, 0.1) is 6.92 Å². The molecule has 5 nitrogen and oxygen atoms in total. The molecule has 0 aliphatic carbocycles. The van der Waals surface area contributed by atoms with Crippen molar-refractivity contribution in [2.24, 2.45) is 0 Å². The lowest BCUT2D eigenvalue weighted by molar-refractivity contribution is 0.0847. The monoisotopic (exact) mass is 288 g/mol. The van der Waals surface area contributed by atoms with Crippen molar-refractivity contribution in [3.63, 3.8) is 0 Å². The van der Waals surface area contributed by atoms with Gasteiger partial charge < -0.3 is 14.9 Å². The molecular formula is C16H20N2O3. The molecule has 0 saturated carbocycles. The lowest BCUT2D eigenvalue weighted by atomic mass is 9.92. The molecule has 2 aromatic rings. The summed E-state index contributed by atoms with van der Waals surface area (Å²) in [5, 5.41) is 16.5. The van der Waals surface area contributed by atoms with E-state index in [1.807, 2.05) is 37.3 Å². The van der Waals surface area contributed by atoms with Gasteiger partial charge in [-0.15, -0.1) is 0 Å². The lowest BCUT2D eigenvalue weighted by Gasteiger charge is -2.29. The van der Waals surface area contributed by atoms with Gasteiger partial charge in [0.2, 0.25) is 0 Å². The normalized spacial score (nSPS) is 13.7. The quantitative estimate of drug-likeness (QED) is 0.884. The largest absolute Gasteiger partial charge is 0.394 e. The van der Waals surface area contributed by atoms with Crippen molar-refractivity contribution < 1.29 is 14.4 Å². The third-order valence-corrected chi connectivity index (χ3v) is 3.61. The second-order valence-electron chi connectivity index (χ2n) is 5.22. The minimum absolute atomic E-state index is 0.200.